The van der Waals surface area contributed by atoms with Crippen LogP contribution >= 0.6 is 0 Å². The van der Waals surface area contributed by atoms with E-state index in [9.17, 15) is 0 Å². The Morgan fingerprint density at radius 1 is 1.33 bits per heavy atom. The molecule has 0 heterocycles. The van der Waals surface area contributed by atoms with Gasteiger partial charge in [0.2, 0.25) is 0 Å². The Bertz CT molecular complexity index is 33.8. The van der Waals surface area contributed by atoms with Crippen molar-refractivity contribution in [2.24, 2.45) is 0 Å². The maximum atomic E-state index is 8.56. The summed E-state index contributed by atoms with van der Waals surface area (Å²) in [6, 6.07) is 0. The molecule has 0 saturated heterocycles. The molecule has 0 fully saturated rings. The monoisotopic (exact) mass is 208 g/mol. The normalized spacial score (nSPS) is 4.00. The van der Waals surface area contributed by atoms with Crippen LogP contribution < -0.4 is 0 Å². The van der Waals surface area contributed by atoms with Crippen LogP contribution in [0.5, 0.6) is 0 Å². The van der Waals surface area contributed by atoms with E-state index in [1.165, 1.54) is 0 Å². The van der Waals surface area contributed by atoms with E-state index in [-0.39, 0.29) is 40.8 Å². The molecular formula is CH2CdO3S. The van der Waals surface area contributed by atoms with Crippen molar-refractivity contribution < 1.29 is 42.3 Å². The summed E-state index contributed by atoms with van der Waals surface area (Å²) in [5.41, 5.74) is 0. The van der Waals surface area contributed by atoms with Gasteiger partial charge in [-0.15, -0.1) is 0 Å². The molecule has 6 heavy (non-hydrogen) atoms. The third-order valence-corrected chi connectivity index (χ3v) is 0. The van der Waals surface area contributed by atoms with Gasteiger partial charge in [0.15, 0.2) is 0 Å². The maximum absolute atomic E-state index is 8.56. The van der Waals surface area contributed by atoms with Gasteiger partial charge in [0.1, 0.15) is 0 Å². The van der Waals surface area contributed by atoms with E-state index in [0.29, 0.717) is 0 Å². The van der Waals surface area contributed by atoms with Crippen LogP contribution in [0.2, 0.25) is 0 Å². The molecule has 0 aliphatic carbocycles. The molecule has 3 nitrogen and oxygen atoms in total. The first-order chi connectivity index (χ1) is 1.73. The Labute approximate surface area is 62.0 Å². The van der Waals surface area contributed by atoms with Gasteiger partial charge in [-0.2, -0.15) is 0 Å². The second kappa shape index (κ2) is 9.11. The fourth-order valence-electron chi connectivity index (χ4n) is 0. The Hall–Kier alpha value is 0.542. The largest absolute Gasteiger partial charge is 2.00 e. The van der Waals surface area contributed by atoms with E-state index in [0.717, 1.165) is 0 Å². The van der Waals surface area contributed by atoms with Crippen molar-refractivity contribution in [2.75, 3.05) is 0 Å². The fourth-order valence-corrected chi connectivity index (χ4v) is 0. The Kier molecular flexibility index (Phi) is 24.3. The zero-order chi connectivity index (χ0) is 3.58. The first-order valence-electron chi connectivity index (χ1n) is 0.651. The third-order valence-electron chi connectivity index (χ3n) is 0. The average Bonchev–Trinajstić information content (AvgIpc) is 0.811. The molecule has 0 atom stereocenters. The zero-order valence-corrected chi connectivity index (χ0v) is 7.77. The van der Waals surface area contributed by atoms with Crippen LogP contribution in [0.4, 0.5) is 4.79 Å². The summed E-state index contributed by atoms with van der Waals surface area (Å²) in [4.78, 5) is 8.56. The molecule has 0 aromatic rings. The quantitative estimate of drug-likeness (QED) is 0.558. The molecule has 0 saturated carbocycles. The summed E-state index contributed by atoms with van der Waals surface area (Å²) in [6.45, 7) is 0. The van der Waals surface area contributed by atoms with Crippen LogP contribution in [0.25, 0.3) is 0 Å². The molecule has 2 N–H and O–H groups in total. The van der Waals surface area contributed by atoms with Gasteiger partial charge in [-0.25, -0.2) is 4.79 Å². The minimum atomic E-state index is -1.83. The van der Waals surface area contributed by atoms with E-state index in [2.05, 4.69) is 0 Å². The first kappa shape index (κ1) is 16.0. The van der Waals surface area contributed by atoms with Crippen molar-refractivity contribution in [3.8, 4) is 0 Å². The van der Waals surface area contributed by atoms with Crippen molar-refractivity contribution in [2.45, 2.75) is 0 Å². The molecule has 32 valence electrons. The molecule has 0 aliphatic rings. The van der Waals surface area contributed by atoms with Crippen LogP contribution in [-0.2, 0) is 40.8 Å². The standard InChI is InChI=1S/CH2O3.Cd.S/c2-1(3)4;;/h(H2,2,3,4);;/q;+2;-2. The zero-order valence-electron chi connectivity index (χ0n) is 2.92. The van der Waals surface area contributed by atoms with Crippen LogP contribution in [0.15, 0.2) is 0 Å². The molecule has 0 aromatic carbocycles. The fraction of sp³-hybridized carbons (Fsp3) is 0. The summed E-state index contributed by atoms with van der Waals surface area (Å²) in [5, 5.41) is 13.9. The van der Waals surface area contributed by atoms with Crippen molar-refractivity contribution in [3.05, 3.63) is 0 Å². The maximum Gasteiger partial charge on any atom is 2.00 e. The number of rotatable bonds is 0. The van der Waals surface area contributed by atoms with Gasteiger partial charge in [0.05, 0.1) is 0 Å². The molecule has 0 bridgehead atoms. The van der Waals surface area contributed by atoms with E-state index in [4.69, 9.17) is 15.0 Å². The second-order valence-corrected chi connectivity index (χ2v) is 0.283. The molecular weight excluding hydrogens is 204 g/mol. The molecule has 0 aliphatic heterocycles. The predicted octanol–water partition coefficient (Wildman–Crippen LogP) is 0.217. The van der Waals surface area contributed by atoms with Gasteiger partial charge in [0.25, 0.3) is 0 Å². The Morgan fingerprint density at radius 3 is 1.33 bits per heavy atom. The molecule has 0 unspecified atom stereocenters. The van der Waals surface area contributed by atoms with Gasteiger partial charge in [-0.3, -0.25) is 0 Å². The minimum absolute atomic E-state index is 0. The number of hydrogen-bond donors (Lipinski definition) is 2. The van der Waals surface area contributed by atoms with Crippen molar-refractivity contribution in [3.63, 3.8) is 0 Å². The van der Waals surface area contributed by atoms with E-state index >= 15 is 0 Å². The summed E-state index contributed by atoms with van der Waals surface area (Å²) < 4.78 is 0. The van der Waals surface area contributed by atoms with Gasteiger partial charge in [-0.1, -0.05) is 0 Å². The second-order valence-electron chi connectivity index (χ2n) is 0.283. The molecule has 0 aromatic heterocycles. The smallest absolute Gasteiger partial charge is 2.00 e. The molecule has 0 rings (SSSR count). The Balaban J connectivity index is -0.0000000450. The SMILES string of the molecule is O=C(O)O.[Cd+2].[S-2]. The molecule has 0 radical (unpaired) electrons. The van der Waals surface area contributed by atoms with Crippen LogP contribution in [0, 0.1) is 0 Å². The van der Waals surface area contributed by atoms with Crippen LogP contribution in [0.1, 0.15) is 0 Å². The first-order valence-corrected chi connectivity index (χ1v) is 0.651. The van der Waals surface area contributed by atoms with E-state index in [1.54, 1.807) is 0 Å². The van der Waals surface area contributed by atoms with Gasteiger partial charge in [-0.05, 0) is 0 Å². The topological polar surface area (TPSA) is 57.5 Å². The Morgan fingerprint density at radius 2 is 1.33 bits per heavy atom. The van der Waals surface area contributed by atoms with Gasteiger partial charge in [0, 0.05) is 0 Å². The minimum Gasteiger partial charge on any atom is -2.00 e. The predicted molar refractivity (Wildman–Crippen MR) is 18.0 cm³/mol. The number of carbonyl (C=O) groups is 1. The van der Waals surface area contributed by atoms with Crippen molar-refractivity contribution >= 4 is 19.7 Å². The van der Waals surface area contributed by atoms with Crippen LogP contribution in [0.3, 0.4) is 0 Å². The number of hydrogen-bond acceptors (Lipinski definition) is 1. The molecule has 0 amide bonds. The summed E-state index contributed by atoms with van der Waals surface area (Å²) in [5.74, 6) is 0. The van der Waals surface area contributed by atoms with Crippen molar-refractivity contribution in [1.82, 2.24) is 0 Å². The summed E-state index contributed by atoms with van der Waals surface area (Å²) in [7, 11) is 0. The van der Waals surface area contributed by atoms with Crippen molar-refractivity contribution in [1.29, 1.82) is 0 Å². The number of carboxylic acid groups (broad SMARTS) is 2. The van der Waals surface area contributed by atoms with E-state index in [1.807, 2.05) is 0 Å². The van der Waals surface area contributed by atoms with Gasteiger partial charge >= 0.3 is 33.5 Å². The molecule has 5 heteroatoms. The summed E-state index contributed by atoms with van der Waals surface area (Å²) >= 11 is 0. The average molecular weight is 207 g/mol. The van der Waals surface area contributed by atoms with Gasteiger partial charge < -0.3 is 23.7 Å². The molecule has 0 spiro atoms. The summed E-state index contributed by atoms with van der Waals surface area (Å²) in [6.07, 6.45) is -1.83. The van der Waals surface area contributed by atoms with Crippen LogP contribution in [-0.4, -0.2) is 16.4 Å². The van der Waals surface area contributed by atoms with E-state index < -0.39 is 6.16 Å². The third kappa shape index (κ3) is 194.